The highest BCUT2D eigenvalue weighted by atomic mass is 79.9. The van der Waals surface area contributed by atoms with Gasteiger partial charge < -0.3 is 5.32 Å². The van der Waals surface area contributed by atoms with Gasteiger partial charge in [-0.1, -0.05) is 37.9 Å². The molecule has 1 unspecified atom stereocenters. The lowest BCUT2D eigenvalue weighted by molar-refractivity contribution is 0.598. The summed E-state index contributed by atoms with van der Waals surface area (Å²) in [6, 6.07) is 12.4. The fourth-order valence-corrected chi connectivity index (χ4v) is 3.83. The minimum absolute atomic E-state index is 0.0628. The SMILES string of the molecule is CC(Nc1ccc(S(N)(=O)=O)cc1)c1ccc(Br)cc1Br. The van der Waals surface area contributed by atoms with Crippen LogP contribution in [0.1, 0.15) is 18.5 Å². The molecule has 2 rings (SSSR count). The number of primary sulfonamides is 1. The Labute approximate surface area is 141 Å². The maximum Gasteiger partial charge on any atom is 0.238 e. The molecule has 0 saturated carbocycles. The first-order chi connectivity index (χ1) is 9.77. The predicted molar refractivity (Wildman–Crippen MR) is 91.7 cm³/mol. The molecule has 0 amide bonds. The van der Waals surface area contributed by atoms with Gasteiger partial charge in [-0.05, 0) is 48.9 Å². The Morgan fingerprint density at radius 2 is 1.71 bits per heavy atom. The van der Waals surface area contributed by atoms with E-state index in [1.807, 2.05) is 25.1 Å². The molecule has 2 aromatic rings. The molecule has 1 atom stereocenters. The first-order valence-corrected chi connectivity index (χ1v) is 9.25. The number of nitrogens with two attached hydrogens (primary N) is 1. The van der Waals surface area contributed by atoms with E-state index in [1.165, 1.54) is 12.1 Å². The third-order valence-corrected chi connectivity index (χ3v) is 5.10. The molecular weight excluding hydrogens is 420 g/mol. The van der Waals surface area contributed by atoms with E-state index in [0.29, 0.717) is 0 Å². The molecule has 4 nitrogen and oxygen atoms in total. The van der Waals surface area contributed by atoms with Crippen molar-refractivity contribution in [3.8, 4) is 0 Å². The van der Waals surface area contributed by atoms with Crippen molar-refractivity contribution in [3.05, 3.63) is 57.0 Å². The summed E-state index contributed by atoms with van der Waals surface area (Å²) in [6.07, 6.45) is 0. The molecule has 0 bridgehead atoms. The van der Waals surface area contributed by atoms with E-state index in [-0.39, 0.29) is 10.9 Å². The highest BCUT2D eigenvalue weighted by Gasteiger charge is 2.11. The summed E-state index contributed by atoms with van der Waals surface area (Å²) in [5.74, 6) is 0. The Hall–Kier alpha value is -0.890. The van der Waals surface area contributed by atoms with Crippen molar-refractivity contribution in [1.29, 1.82) is 0 Å². The highest BCUT2D eigenvalue weighted by Crippen LogP contribution is 2.29. The summed E-state index contributed by atoms with van der Waals surface area (Å²) < 4.78 is 24.4. The monoisotopic (exact) mass is 432 g/mol. The Balaban J connectivity index is 2.18. The molecule has 0 saturated heterocycles. The van der Waals surface area contributed by atoms with Gasteiger partial charge in [-0.2, -0.15) is 0 Å². The van der Waals surface area contributed by atoms with Crippen molar-refractivity contribution >= 4 is 47.6 Å². The zero-order chi connectivity index (χ0) is 15.6. The van der Waals surface area contributed by atoms with Gasteiger partial charge >= 0.3 is 0 Å². The Morgan fingerprint density at radius 1 is 1.10 bits per heavy atom. The lowest BCUT2D eigenvalue weighted by Gasteiger charge is -2.17. The summed E-state index contributed by atoms with van der Waals surface area (Å²) in [7, 11) is -3.65. The van der Waals surface area contributed by atoms with Crippen LogP contribution in [-0.4, -0.2) is 8.42 Å². The average molecular weight is 434 g/mol. The van der Waals surface area contributed by atoms with Crippen molar-refractivity contribution in [2.75, 3.05) is 5.32 Å². The molecule has 3 N–H and O–H groups in total. The lowest BCUT2D eigenvalue weighted by Crippen LogP contribution is -2.12. The number of rotatable bonds is 4. The van der Waals surface area contributed by atoms with Crippen molar-refractivity contribution < 1.29 is 8.42 Å². The molecule has 2 aromatic carbocycles. The maximum absolute atomic E-state index is 11.2. The fraction of sp³-hybridized carbons (Fsp3) is 0.143. The Bertz CT molecular complexity index is 746. The second-order valence-corrected chi connectivity index (χ2v) is 7.93. The number of sulfonamides is 1. The Kier molecular flexibility index (Phi) is 5.08. The predicted octanol–water partition coefficient (Wildman–Crippen LogP) is 4.03. The molecule has 0 aliphatic heterocycles. The van der Waals surface area contributed by atoms with Crippen LogP contribution in [0.4, 0.5) is 5.69 Å². The molecule has 0 spiro atoms. The van der Waals surface area contributed by atoms with Crippen LogP contribution < -0.4 is 10.5 Å². The number of halogens is 2. The number of anilines is 1. The van der Waals surface area contributed by atoms with E-state index in [0.717, 1.165) is 20.2 Å². The van der Waals surface area contributed by atoms with Crippen molar-refractivity contribution in [1.82, 2.24) is 0 Å². The summed E-state index contributed by atoms with van der Waals surface area (Å²) in [5, 5.41) is 8.39. The van der Waals surface area contributed by atoms with Gasteiger partial charge in [0.2, 0.25) is 10.0 Å². The zero-order valence-electron chi connectivity index (χ0n) is 11.2. The van der Waals surface area contributed by atoms with Gasteiger partial charge in [-0.15, -0.1) is 0 Å². The van der Waals surface area contributed by atoms with Crippen LogP contribution in [0.3, 0.4) is 0 Å². The van der Waals surface area contributed by atoms with Gasteiger partial charge in [0.1, 0.15) is 0 Å². The number of nitrogens with one attached hydrogen (secondary N) is 1. The number of benzene rings is 2. The fourth-order valence-electron chi connectivity index (χ4n) is 1.92. The molecule has 21 heavy (non-hydrogen) atoms. The molecule has 112 valence electrons. The second kappa shape index (κ2) is 6.48. The van der Waals surface area contributed by atoms with Crippen molar-refractivity contribution in [3.63, 3.8) is 0 Å². The van der Waals surface area contributed by atoms with Gasteiger partial charge in [0.15, 0.2) is 0 Å². The molecule has 0 fully saturated rings. The van der Waals surface area contributed by atoms with Crippen LogP contribution in [0.25, 0.3) is 0 Å². The molecule has 0 aromatic heterocycles. The highest BCUT2D eigenvalue weighted by molar-refractivity contribution is 9.11. The average Bonchev–Trinajstić information content (AvgIpc) is 2.38. The zero-order valence-corrected chi connectivity index (χ0v) is 15.2. The number of hydrogen-bond acceptors (Lipinski definition) is 3. The van der Waals surface area contributed by atoms with Crippen LogP contribution >= 0.6 is 31.9 Å². The molecule has 0 radical (unpaired) electrons. The minimum atomic E-state index is -3.65. The molecule has 0 heterocycles. The summed E-state index contributed by atoms with van der Waals surface area (Å²) in [4.78, 5) is 0.102. The van der Waals surface area contributed by atoms with E-state index in [4.69, 9.17) is 5.14 Å². The molecular formula is C14H14Br2N2O2S. The van der Waals surface area contributed by atoms with E-state index >= 15 is 0 Å². The normalized spacial score (nSPS) is 13.0. The minimum Gasteiger partial charge on any atom is -0.378 e. The van der Waals surface area contributed by atoms with Crippen LogP contribution in [-0.2, 0) is 10.0 Å². The summed E-state index contributed by atoms with van der Waals surface area (Å²) in [6.45, 7) is 2.03. The van der Waals surface area contributed by atoms with Crippen LogP contribution in [0.2, 0.25) is 0 Å². The van der Waals surface area contributed by atoms with E-state index < -0.39 is 10.0 Å². The summed E-state index contributed by atoms with van der Waals surface area (Å²) >= 11 is 6.95. The molecule has 7 heteroatoms. The first-order valence-electron chi connectivity index (χ1n) is 6.12. The largest absolute Gasteiger partial charge is 0.378 e. The van der Waals surface area contributed by atoms with Gasteiger partial charge in [0.05, 0.1) is 4.90 Å². The third-order valence-electron chi connectivity index (χ3n) is 3.00. The van der Waals surface area contributed by atoms with Gasteiger partial charge in [0.25, 0.3) is 0 Å². The number of hydrogen-bond donors (Lipinski definition) is 2. The quantitative estimate of drug-likeness (QED) is 0.764. The van der Waals surface area contributed by atoms with E-state index in [1.54, 1.807) is 12.1 Å². The topological polar surface area (TPSA) is 72.2 Å². The van der Waals surface area contributed by atoms with Crippen molar-refractivity contribution in [2.45, 2.75) is 17.9 Å². The second-order valence-electron chi connectivity index (χ2n) is 4.60. The van der Waals surface area contributed by atoms with Crippen LogP contribution in [0, 0.1) is 0 Å². The van der Waals surface area contributed by atoms with Gasteiger partial charge in [-0.25, -0.2) is 13.6 Å². The van der Waals surface area contributed by atoms with Crippen LogP contribution in [0.15, 0.2) is 56.3 Å². The van der Waals surface area contributed by atoms with E-state index in [2.05, 4.69) is 37.2 Å². The van der Waals surface area contributed by atoms with Gasteiger partial charge in [0, 0.05) is 20.7 Å². The van der Waals surface area contributed by atoms with Gasteiger partial charge in [-0.3, -0.25) is 0 Å². The van der Waals surface area contributed by atoms with Crippen LogP contribution in [0.5, 0.6) is 0 Å². The maximum atomic E-state index is 11.2. The molecule has 0 aliphatic carbocycles. The summed E-state index contributed by atoms with van der Waals surface area (Å²) in [5.41, 5.74) is 1.93. The molecule has 0 aliphatic rings. The standard InChI is InChI=1S/C14H14Br2N2O2S/c1-9(13-7-2-10(15)8-14(13)16)18-11-3-5-12(6-4-11)21(17,19)20/h2-9,18H,1H3,(H2,17,19,20). The Morgan fingerprint density at radius 3 is 2.24 bits per heavy atom. The first kappa shape index (κ1) is 16.5. The lowest BCUT2D eigenvalue weighted by atomic mass is 10.1. The smallest absolute Gasteiger partial charge is 0.238 e. The van der Waals surface area contributed by atoms with Crippen molar-refractivity contribution in [2.24, 2.45) is 5.14 Å². The third kappa shape index (κ3) is 4.29. The van der Waals surface area contributed by atoms with E-state index in [9.17, 15) is 8.42 Å².